The quantitative estimate of drug-likeness (QED) is 0.860. The van der Waals surface area contributed by atoms with Crippen molar-refractivity contribution in [2.75, 3.05) is 6.54 Å². The van der Waals surface area contributed by atoms with Crippen LogP contribution in [0.4, 0.5) is 0 Å². The van der Waals surface area contributed by atoms with Gasteiger partial charge in [-0.2, -0.15) is 5.26 Å². The molecule has 1 aliphatic heterocycles. The minimum Gasteiger partial charge on any atom is -0.354 e. The fraction of sp³-hybridized carbons (Fsp3) is 0.357. The number of benzene rings is 1. The Bertz CT molecular complexity index is 716. The number of hydrogen-bond acceptors (Lipinski definition) is 3. The first kappa shape index (κ1) is 12.9. The Hall–Kier alpha value is -2.06. The average molecular weight is 289 g/mol. The largest absolute Gasteiger partial charge is 0.354 e. The summed E-state index contributed by atoms with van der Waals surface area (Å²) in [4.78, 5) is 16.5. The van der Waals surface area contributed by atoms with Crippen LogP contribution in [-0.2, 0) is 10.7 Å². The molecule has 1 N–H and O–H groups in total. The molecule has 1 saturated heterocycles. The lowest BCUT2D eigenvalue weighted by Gasteiger charge is -2.25. The smallest absolute Gasteiger partial charge is 0.243 e. The molecule has 2 aromatic rings. The van der Waals surface area contributed by atoms with E-state index in [9.17, 15) is 4.79 Å². The van der Waals surface area contributed by atoms with Crippen LogP contribution in [0, 0.1) is 11.3 Å². The van der Waals surface area contributed by atoms with Crippen molar-refractivity contribution in [2.24, 2.45) is 0 Å². The Morgan fingerprint density at radius 2 is 2.40 bits per heavy atom. The maximum Gasteiger partial charge on any atom is 0.243 e. The molecule has 1 aromatic carbocycles. The van der Waals surface area contributed by atoms with Crippen LogP contribution >= 0.6 is 11.6 Å². The van der Waals surface area contributed by atoms with Crippen molar-refractivity contribution in [1.82, 2.24) is 14.9 Å². The molecule has 1 aromatic heterocycles. The Kier molecular flexibility index (Phi) is 3.33. The molecule has 6 heteroatoms. The van der Waals surface area contributed by atoms with Crippen LogP contribution in [0.2, 0.25) is 0 Å². The van der Waals surface area contributed by atoms with E-state index < -0.39 is 0 Å². The molecular weight excluding hydrogens is 276 g/mol. The fourth-order valence-corrected chi connectivity index (χ4v) is 2.85. The zero-order valence-electron chi connectivity index (χ0n) is 10.8. The number of halogens is 1. The molecule has 102 valence electrons. The molecule has 0 saturated carbocycles. The second-order valence-electron chi connectivity index (χ2n) is 4.80. The first-order valence-electron chi connectivity index (χ1n) is 6.49. The zero-order valence-corrected chi connectivity index (χ0v) is 11.5. The number of nitrogens with one attached hydrogen (secondary N) is 1. The monoisotopic (exact) mass is 288 g/mol. The van der Waals surface area contributed by atoms with Crippen molar-refractivity contribution >= 4 is 28.5 Å². The summed E-state index contributed by atoms with van der Waals surface area (Å²) in [5, 5.41) is 11.9. The summed E-state index contributed by atoms with van der Waals surface area (Å²) in [6, 6.07) is 7.10. The SMILES string of the molecule is N#Cc1ccc2nc(CCl)n(C3CCCNC3=O)c2c1. The van der Waals surface area contributed by atoms with Gasteiger partial charge in [-0.25, -0.2) is 4.98 Å². The van der Waals surface area contributed by atoms with Gasteiger partial charge < -0.3 is 9.88 Å². The summed E-state index contributed by atoms with van der Waals surface area (Å²) in [6.45, 7) is 0.710. The number of nitrogens with zero attached hydrogens (tertiary/aromatic N) is 3. The van der Waals surface area contributed by atoms with Crippen molar-refractivity contribution in [3.8, 4) is 6.07 Å². The van der Waals surface area contributed by atoms with E-state index in [1.807, 2.05) is 4.57 Å². The van der Waals surface area contributed by atoms with Crippen molar-refractivity contribution in [1.29, 1.82) is 5.26 Å². The third kappa shape index (κ3) is 2.02. The Balaban J connectivity index is 2.20. The van der Waals surface area contributed by atoms with Gasteiger partial charge in [0.2, 0.25) is 5.91 Å². The van der Waals surface area contributed by atoms with E-state index in [2.05, 4.69) is 16.4 Å². The lowest BCUT2D eigenvalue weighted by atomic mass is 10.1. The number of alkyl halides is 1. The van der Waals surface area contributed by atoms with Crippen molar-refractivity contribution in [3.63, 3.8) is 0 Å². The van der Waals surface area contributed by atoms with Crippen LogP contribution < -0.4 is 5.32 Å². The molecule has 0 bridgehead atoms. The summed E-state index contributed by atoms with van der Waals surface area (Å²) in [7, 11) is 0. The first-order valence-corrected chi connectivity index (χ1v) is 7.02. The molecule has 1 aliphatic rings. The highest BCUT2D eigenvalue weighted by Gasteiger charge is 2.27. The number of fused-ring (bicyclic) bond motifs is 1. The summed E-state index contributed by atoms with van der Waals surface area (Å²) in [5.74, 6) is 0.892. The van der Waals surface area contributed by atoms with E-state index in [0.717, 1.165) is 23.9 Å². The molecule has 20 heavy (non-hydrogen) atoms. The van der Waals surface area contributed by atoms with Gasteiger partial charge in [-0.1, -0.05) is 0 Å². The summed E-state index contributed by atoms with van der Waals surface area (Å²) in [5.41, 5.74) is 2.11. The van der Waals surface area contributed by atoms with Crippen LogP contribution in [0.3, 0.4) is 0 Å². The van der Waals surface area contributed by atoms with E-state index in [-0.39, 0.29) is 17.8 Å². The van der Waals surface area contributed by atoms with Gasteiger partial charge in [0.25, 0.3) is 0 Å². The molecule has 0 spiro atoms. The minimum absolute atomic E-state index is 0.00993. The van der Waals surface area contributed by atoms with Crippen LogP contribution in [0.25, 0.3) is 11.0 Å². The molecule has 0 radical (unpaired) electrons. The Labute approximate surface area is 121 Å². The lowest BCUT2D eigenvalue weighted by Crippen LogP contribution is -2.38. The fourth-order valence-electron chi connectivity index (χ4n) is 2.66. The van der Waals surface area contributed by atoms with Crippen molar-refractivity contribution < 1.29 is 4.79 Å². The highest BCUT2D eigenvalue weighted by Crippen LogP contribution is 2.27. The molecule has 1 atom stereocenters. The number of hydrogen-bond donors (Lipinski definition) is 1. The Morgan fingerprint density at radius 1 is 1.55 bits per heavy atom. The molecule has 1 amide bonds. The third-order valence-corrected chi connectivity index (χ3v) is 3.82. The number of amides is 1. The molecule has 0 aliphatic carbocycles. The maximum absolute atomic E-state index is 12.1. The number of nitriles is 1. The third-order valence-electron chi connectivity index (χ3n) is 3.58. The summed E-state index contributed by atoms with van der Waals surface area (Å²) >= 11 is 5.96. The second kappa shape index (κ2) is 5.14. The average Bonchev–Trinajstić information content (AvgIpc) is 2.85. The predicted octanol–water partition coefficient (Wildman–Crippen LogP) is 2.10. The normalized spacial score (nSPS) is 18.8. The van der Waals surface area contributed by atoms with Gasteiger partial charge in [-0.15, -0.1) is 11.6 Å². The molecule has 1 fully saturated rings. The van der Waals surface area contributed by atoms with E-state index in [0.29, 0.717) is 17.9 Å². The highest BCUT2D eigenvalue weighted by molar-refractivity contribution is 6.17. The number of aromatic nitrogens is 2. The molecular formula is C14H13ClN4O. The Morgan fingerprint density at radius 3 is 3.10 bits per heavy atom. The van der Waals surface area contributed by atoms with Gasteiger partial charge in [0, 0.05) is 6.54 Å². The highest BCUT2D eigenvalue weighted by atomic mass is 35.5. The van der Waals surface area contributed by atoms with E-state index in [4.69, 9.17) is 16.9 Å². The van der Waals surface area contributed by atoms with Crippen molar-refractivity contribution in [3.05, 3.63) is 29.6 Å². The lowest BCUT2D eigenvalue weighted by molar-refractivity contribution is -0.125. The number of rotatable bonds is 2. The van der Waals surface area contributed by atoms with Crippen LogP contribution in [-0.4, -0.2) is 22.0 Å². The molecule has 1 unspecified atom stereocenters. The number of carbonyl (C=O) groups excluding carboxylic acids is 1. The second-order valence-corrected chi connectivity index (χ2v) is 5.06. The van der Waals surface area contributed by atoms with Gasteiger partial charge in [0.15, 0.2) is 0 Å². The zero-order chi connectivity index (χ0) is 14.1. The van der Waals surface area contributed by atoms with Gasteiger partial charge in [-0.3, -0.25) is 4.79 Å². The predicted molar refractivity (Wildman–Crippen MR) is 75.3 cm³/mol. The van der Waals surface area contributed by atoms with Crippen molar-refractivity contribution in [2.45, 2.75) is 24.8 Å². The first-order chi connectivity index (χ1) is 9.74. The van der Waals surface area contributed by atoms with Gasteiger partial charge in [0.05, 0.1) is 28.5 Å². The molecule has 5 nitrogen and oxygen atoms in total. The van der Waals surface area contributed by atoms with E-state index in [1.165, 1.54) is 0 Å². The minimum atomic E-state index is -0.295. The van der Waals surface area contributed by atoms with Gasteiger partial charge in [-0.05, 0) is 31.0 Å². The molecule has 3 rings (SSSR count). The number of imidazole rings is 1. The standard InChI is InChI=1S/C14H13ClN4O/c15-7-13-18-10-4-3-9(8-16)6-12(10)19(13)11-2-1-5-17-14(11)20/h3-4,6,11H,1-2,5,7H2,(H,17,20). The summed E-state index contributed by atoms with van der Waals surface area (Å²) < 4.78 is 1.87. The summed E-state index contributed by atoms with van der Waals surface area (Å²) in [6.07, 6.45) is 1.69. The number of carbonyl (C=O) groups is 1. The van der Waals surface area contributed by atoms with E-state index >= 15 is 0 Å². The maximum atomic E-state index is 12.1. The van der Waals surface area contributed by atoms with Crippen LogP contribution in [0.15, 0.2) is 18.2 Å². The van der Waals surface area contributed by atoms with Crippen LogP contribution in [0.1, 0.15) is 30.3 Å². The van der Waals surface area contributed by atoms with Gasteiger partial charge >= 0.3 is 0 Å². The topological polar surface area (TPSA) is 70.7 Å². The van der Waals surface area contributed by atoms with Gasteiger partial charge in [0.1, 0.15) is 11.9 Å². The molecule has 2 heterocycles. The van der Waals surface area contributed by atoms with E-state index in [1.54, 1.807) is 18.2 Å². The van der Waals surface area contributed by atoms with Crippen LogP contribution in [0.5, 0.6) is 0 Å². The number of piperidine rings is 1.